The fraction of sp³-hybridized carbons (Fsp3) is 0.238. The van der Waals surface area contributed by atoms with Crippen molar-refractivity contribution in [3.05, 3.63) is 70.7 Å². The highest BCUT2D eigenvalue weighted by Gasteiger charge is 2.15. The molecule has 0 spiro atoms. The van der Waals surface area contributed by atoms with Crippen molar-refractivity contribution in [3.8, 4) is 16.3 Å². The van der Waals surface area contributed by atoms with Crippen LogP contribution in [0, 0.1) is 13.8 Å². The predicted molar refractivity (Wildman–Crippen MR) is 105 cm³/mol. The van der Waals surface area contributed by atoms with Crippen LogP contribution in [0.3, 0.4) is 0 Å². The molecule has 0 saturated heterocycles. The third-order valence-electron chi connectivity index (χ3n) is 3.89. The van der Waals surface area contributed by atoms with Gasteiger partial charge in [0.25, 0.3) is 5.91 Å². The maximum Gasteiger partial charge on any atom is 0.261 e. The number of ether oxygens (including phenoxy) is 1. The van der Waals surface area contributed by atoms with Crippen molar-refractivity contribution in [1.29, 1.82) is 0 Å². The predicted octanol–water partition coefficient (Wildman–Crippen LogP) is 4.51. The van der Waals surface area contributed by atoms with E-state index in [1.54, 1.807) is 18.3 Å². The Balaban J connectivity index is 1.56. The van der Waals surface area contributed by atoms with E-state index >= 15 is 0 Å². The van der Waals surface area contributed by atoms with Crippen molar-refractivity contribution in [2.24, 2.45) is 0 Å². The lowest BCUT2D eigenvalue weighted by Crippen LogP contribution is -2.36. The first-order valence-corrected chi connectivity index (χ1v) is 9.42. The number of rotatable bonds is 6. The zero-order valence-corrected chi connectivity index (χ0v) is 16.0. The van der Waals surface area contributed by atoms with Crippen molar-refractivity contribution in [2.75, 3.05) is 0 Å². The maximum atomic E-state index is 12.3. The highest BCUT2D eigenvalue weighted by molar-refractivity contribution is 7.13. The third-order valence-corrected chi connectivity index (χ3v) is 4.83. The van der Waals surface area contributed by atoms with Gasteiger partial charge in [0.05, 0.1) is 12.2 Å². The van der Waals surface area contributed by atoms with Crippen LogP contribution < -0.4 is 10.1 Å². The van der Waals surface area contributed by atoms with Gasteiger partial charge in [-0.1, -0.05) is 36.4 Å². The average Bonchev–Trinajstić information content (AvgIpc) is 3.08. The lowest BCUT2D eigenvalue weighted by molar-refractivity contribution is -0.127. The summed E-state index contributed by atoms with van der Waals surface area (Å²) in [4.78, 5) is 16.9. The van der Waals surface area contributed by atoms with E-state index in [0.29, 0.717) is 12.3 Å². The number of nitrogens with zero attached hydrogens (tertiary/aromatic N) is 1. The van der Waals surface area contributed by atoms with Crippen molar-refractivity contribution >= 4 is 17.2 Å². The first-order valence-electron chi connectivity index (χ1n) is 8.54. The molecule has 3 rings (SSSR count). The molecule has 5 heteroatoms. The van der Waals surface area contributed by atoms with E-state index in [9.17, 15) is 4.79 Å². The Labute approximate surface area is 157 Å². The van der Waals surface area contributed by atoms with Gasteiger partial charge >= 0.3 is 0 Å². The van der Waals surface area contributed by atoms with Gasteiger partial charge in [-0.05, 0) is 44.0 Å². The molecule has 1 heterocycles. The van der Waals surface area contributed by atoms with Crippen molar-refractivity contribution in [1.82, 2.24) is 10.3 Å². The molecule has 1 aromatic heterocycles. The van der Waals surface area contributed by atoms with Crippen LogP contribution in [0.25, 0.3) is 10.6 Å². The minimum Gasteiger partial charge on any atom is -0.481 e. The van der Waals surface area contributed by atoms with Crippen LogP contribution in [0.5, 0.6) is 5.75 Å². The summed E-state index contributed by atoms with van der Waals surface area (Å²) >= 11 is 1.57. The van der Waals surface area contributed by atoms with Gasteiger partial charge in [-0.15, -0.1) is 11.3 Å². The smallest absolute Gasteiger partial charge is 0.261 e. The monoisotopic (exact) mass is 366 g/mol. The number of aryl methyl sites for hydroxylation is 2. The Bertz CT molecular complexity index is 870. The van der Waals surface area contributed by atoms with E-state index < -0.39 is 6.10 Å². The molecule has 0 bridgehead atoms. The van der Waals surface area contributed by atoms with E-state index in [2.05, 4.69) is 16.4 Å². The highest BCUT2D eigenvalue weighted by atomic mass is 32.1. The molecular formula is C21H22N2O2S. The quantitative estimate of drug-likeness (QED) is 0.698. The van der Waals surface area contributed by atoms with Gasteiger partial charge in [-0.25, -0.2) is 4.98 Å². The Kier molecular flexibility index (Phi) is 5.68. The molecule has 0 aliphatic carbocycles. The van der Waals surface area contributed by atoms with E-state index in [4.69, 9.17) is 4.74 Å². The molecule has 3 aromatic rings. The van der Waals surface area contributed by atoms with Crippen molar-refractivity contribution < 1.29 is 9.53 Å². The van der Waals surface area contributed by atoms with E-state index in [1.807, 2.05) is 61.7 Å². The number of amides is 1. The van der Waals surface area contributed by atoms with Crippen LogP contribution >= 0.6 is 11.3 Å². The summed E-state index contributed by atoms with van der Waals surface area (Å²) in [7, 11) is 0. The Hall–Kier alpha value is -2.66. The molecule has 1 N–H and O–H groups in total. The summed E-state index contributed by atoms with van der Waals surface area (Å²) in [5, 5.41) is 5.82. The number of nitrogens with one attached hydrogen (secondary N) is 1. The van der Waals surface area contributed by atoms with Gasteiger partial charge in [0, 0.05) is 10.9 Å². The summed E-state index contributed by atoms with van der Waals surface area (Å²) in [5.41, 5.74) is 4.16. The Morgan fingerprint density at radius 1 is 1.15 bits per heavy atom. The maximum absolute atomic E-state index is 12.3. The van der Waals surface area contributed by atoms with Crippen LogP contribution in [0.1, 0.15) is 23.7 Å². The standard InChI is InChI=1S/C21H22N2O2S/c1-14-9-15(2)11-19(10-14)25-16(3)20(24)22-12-18-13-26-21(23-18)17-7-5-4-6-8-17/h4-11,13,16H,12H2,1-3H3,(H,22,24). The zero-order valence-electron chi connectivity index (χ0n) is 15.2. The average molecular weight is 366 g/mol. The molecule has 2 aromatic carbocycles. The molecule has 1 atom stereocenters. The summed E-state index contributed by atoms with van der Waals surface area (Å²) in [6.07, 6.45) is -0.566. The number of carbonyl (C=O) groups excluding carboxylic acids is 1. The lowest BCUT2D eigenvalue weighted by Gasteiger charge is -2.15. The van der Waals surface area contributed by atoms with Crippen molar-refractivity contribution in [2.45, 2.75) is 33.4 Å². The fourth-order valence-electron chi connectivity index (χ4n) is 2.68. The molecule has 1 amide bonds. The molecule has 0 aliphatic rings. The SMILES string of the molecule is Cc1cc(C)cc(OC(C)C(=O)NCc2csc(-c3ccccc3)n2)c1. The summed E-state index contributed by atoms with van der Waals surface area (Å²) < 4.78 is 5.77. The molecule has 1 unspecified atom stereocenters. The van der Waals surface area contributed by atoms with E-state index in [0.717, 1.165) is 27.4 Å². The molecule has 0 saturated carbocycles. The number of thiazole rings is 1. The molecular weight excluding hydrogens is 344 g/mol. The summed E-state index contributed by atoms with van der Waals surface area (Å²) in [6.45, 7) is 6.17. The highest BCUT2D eigenvalue weighted by Crippen LogP contribution is 2.23. The summed E-state index contributed by atoms with van der Waals surface area (Å²) in [6, 6.07) is 16.0. The molecule has 4 nitrogen and oxygen atoms in total. The number of aromatic nitrogens is 1. The normalized spacial score (nSPS) is 11.8. The molecule has 0 radical (unpaired) electrons. The Morgan fingerprint density at radius 2 is 1.85 bits per heavy atom. The number of hydrogen-bond acceptors (Lipinski definition) is 4. The topological polar surface area (TPSA) is 51.2 Å². The molecule has 26 heavy (non-hydrogen) atoms. The van der Waals surface area contributed by atoms with Crippen molar-refractivity contribution in [3.63, 3.8) is 0 Å². The second-order valence-electron chi connectivity index (χ2n) is 6.31. The molecule has 134 valence electrons. The fourth-order valence-corrected chi connectivity index (χ4v) is 3.51. The van der Waals surface area contributed by atoms with E-state index in [1.165, 1.54) is 0 Å². The number of hydrogen-bond donors (Lipinski definition) is 1. The third kappa shape index (κ3) is 4.70. The minimum atomic E-state index is -0.566. The van der Waals surface area contributed by atoms with Crippen LogP contribution in [-0.2, 0) is 11.3 Å². The number of benzene rings is 2. The zero-order chi connectivity index (χ0) is 18.5. The Morgan fingerprint density at radius 3 is 2.54 bits per heavy atom. The first-order chi connectivity index (χ1) is 12.5. The second kappa shape index (κ2) is 8.15. The van der Waals surface area contributed by atoms with Crippen LogP contribution in [0.15, 0.2) is 53.9 Å². The minimum absolute atomic E-state index is 0.154. The first kappa shape index (κ1) is 18.1. The summed E-state index contributed by atoms with van der Waals surface area (Å²) in [5.74, 6) is 0.559. The largest absolute Gasteiger partial charge is 0.481 e. The lowest BCUT2D eigenvalue weighted by atomic mass is 10.1. The van der Waals surface area contributed by atoms with Gasteiger partial charge in [-0.2, -0.15) is 0 Å². The van der Waals surface area contributed by atoms with Gasteiger partial charge in [0.2, 0.25) is 0 Å². The van der Waals surface area contributed by atoms with Crippen LogP contribution in [-0.4, -0.2) is 17.0 Å². The van der Waals surface area contributed by atoms with Crippen LogP contribution in [0.4, 0.5) is 0 Å². The van der Waals surface area contributed by atoms with Gasteiger partial charge in [0.1, 0.15) is 10.8 Å². The molecule has 0 fully saturated rings. The van der Waals surface area contributed by atoms with Crippen LogP contribution in [0.2, 0.25) is 0 Å². The van der Waals surface area contributed by atoms with E-state index in [-0.39, 0.29) is 5.91 Å². The van der Waals surface area contributed by atoms with Gasteiger partial charge in [0.15, 0.2) is 6.10 Å². The number of carbonyl (C=O) groups is 1. The van der Waals surface area contributed by atoms with Gasteiger partial charge in [-0.3, -0.25) is 4.79 Å². The van der Waals surface area contributed by atoms with Gasteiger partial charge < -0.3 is 10.1 Å². The molecule has 0 aliphatic heterocycles. The second-order valence-corrected chi connectivity index (χ2v) is 7.17.